The first kappa shape index (κ1) is 10.8. The van der Waals surface area contributed by atoms with E-state index in [0.717, 1.165) is 5.64 Å². The number of carbonyl (C=O) groups is 1. The fourth-order valence-electron chi connectivity index (χ4n) is 0.606. The summed E-state index contributed by atoms with van der Waals surface area (Å²) in [6.07, 6.45) is 5.77. The van der Waals surface area contributed by atoms with Gasteiger partial charge in [-0.2, -0.15) is 0 Å². The van der Waals surface area contributed by atoms with E-state index in [2.05, 4.69) is 4.99 Å². The van der Waals surface area contributed by atoms with Crippen molar-refractivity contribution in [3.8, 4) is 0 Å². The first-order chi connectivity index (χ1) is 5.72. The van der Waals surface area contributed by atoms with Crippen molar-refractivity contribution in [2.24, 2.45) is 0 Å². The van der Waals surface area contributed by atoms with E-state index >= 15 is 0 Å². The van der Waals surface area contributed by atoms with Gasteiger partial charge in [0.15, 0.2) is 0 Å². The van der Waals surface area contributed by atoms with Crippen LogP contribution in [0.25, 0.3) is 0 Å². The molecule has 0 amide bonds. The van der Waals surface area contributed by atoms with E-state index in [9.17, 15) is 4.79 Å². The van der Waals surface area contributed by atoms with Gasteiger partial charge in [-0.15, -0.1) is 4.99 Å². The lowest BCUT2D eigenvalue weighted by molar-refractivity contribution is -0.356. The number of hydrogen-bond donors (Lipinski definition) is 4. The zero-order valence-electron chi connectivity index (χ0n) is 6.10. The van der Waals surface area contributed by atoms with E-state index in [0.29, 0.717) is 12.0 Å². The lowest BCUT2D eigenvalue weighted by atomic mass is 10.2. The molecule has 0 unspecified atom stereocenters. The van der Waals surface area contributed by atoms with Gasteiger partial charge >= 0.3 is 5.97 Å². The number of carboxylic acids is 1. The normalized spacial score (nSPS) is 13.3. The van der Waals surface area contributed by atoms with Crippen molar-refractivity contribution in [1.29, 1.82) is 0 Å². The largest absolute Gasteiger partial charge is 0.478 e. The molecule has 0 bridgehead atoms. The van der Waals surface area contributed by atoms with Crippen molar-refractivity contribution in [1.82, 2.24) is 5.64 Å². The minimum Gasteiger partial charge on any atom is -0.478 e. The number of carboxylic acid groups (broad SMARTS) is 1. The van der Waals surface area contributed by atoms with Crippen molar-refractivity contribution >= 4 is 5.97 Å². The Morgan fingerprint density at radius 3 is 2.42 bits per heavy atom. The molecule has 6 heteroatoms. The van der Waals surface area contributed by atoms with Crippen molar-refractivity contribution in [3.05, 3.63) is 23.8 Å². The molecule has 0 heterocycles. The molecule has 1 aliphatic carbocycles. The van der Waals surface area contributed by atoms with Crippen LogP contribution in [0.1, 0.15) is 6.42 Å². The van der Waals surface area contributed by atoms with E-state index in [4.69, 9.17) is 15.6 Å². The molecule has 68 valence electrons. The Morgan fingerprint density at radius 1 is 1.67 bits per heavy atom. The van der Waals surface area contributed by atoms with Crippen molar-refractivity contribution < 1.29 is 25.4 Å². The van der Waals surface area contributed by atoms with Gasteiger partial charge in [-0.05, 0) is 12.1 Å². The van der Waals surface area contributed by atoms with E-state index < -0.39 is 5.97 Å². The van der Waals surface area contributed by atoms with Gasteiger partial charge in [0.1, 0.15) is 0 Å². The summed E-state index contributed by atoms with van der Waals surface area (Å²) in [6.45, 7) is 0. The molecule has 0 saturated heterocycles. The number of hydrogen-bond acceptors (Lipinski definition) is 5. The van der Waals surface area contributed by atoms with Crippen LogP contribution < -0.4 is 5.64 Å². The average Bonchev–Trinajstić information content (AvgIpc) is 2.57. The second kappa shape index (κ2) is 6.50. The van der Waals surface area contributed by atoms with Crippen molar-refractivity contribution in [2.75, 3.05) is 0 Å². The van der Waals surface area contributed by atoms with Gasteiger partial charge in [0.25, 0.3) is 0 Å². The van der Waals surface area contributed by atoms with Crippen LogP contribution in [0.4, 0.5) is 0 Å². The summed E-state index contributed by atoms with van der Waals surface area (Å²) in [5.74, 6) is -0.810. The monoisotopic (exact) mass is 175 g/mol. The summed E-state index contributed by atoms with van der Waals surface area (Å²) in [5, 5.41) is 22.5. The number of rotatable bonds is 2. The van der Waals surface area contributed by atoms with E-state index in [-0.39, 0.29) is 0 Å². The SMILES string of the molecule is O=C(O)C1=CC=CC1.ONOO. The maximum absolute atomic E-state index is 10.1. The highest BCUT2D eigenvalue weighted by Gasteiger charge is 2.05. The van der Waals surface area contributed by atoms with Gasteiger partial charge in [0, 0.05) is 5.57 Å². The smallest absolute Gasteiger partial charge is 0.331 e. The topological polar surface area (TPSA) is 99.0 Å². The van der Waals surface area contributed by atoms with Crippen LogP contribution >= 0.6 is 0 Å². The maximum atomic E-state index is 10.1. The highest BCUT2D eigenvalue weighted by atomic mass is 17.2. The molecule has 1 aliphatic rings. The van der Waals surface area contributed by atoms with Gasteiger partial charge in [-0.1, -0.05) is 18.2 Å². The number of nitrogens with one attached hydrogen (secondary N) is 1. The van der Waals surface area contributed by atoms with Crippen LogP contribution in [-0.2, 0) is 9.78 Å². The Balaban J connectivity index is 0.000000261. The molecule has 4 N–H and O–H groups in total. The molecule has 12 heavy (non-hydrogen) atoms. The van der Waals surface area contributed by atoms with Crippen LogP contribution in [0.3, 0.4) is 0 Å². The predicted molar refractivity (Wildman–Crippen MR) is 38.1 cm³/mol. The Labute approximate surface area is 68.2 Å². The lowest BCUT2D eigenvalue weighted by Gasteiger charge is -1.87. The fraction of sp³-hybridized carbons (Fsp3) is 0.167. The maximum Gasteiger partial charge on any atom is 0.331 e. The lowest BCUT2D eigenvalue weighted by Crippen LogP contribution is -2.02. The highest BCUT2D eigenvalue weighted by molar-refractivity contribution is 5.88. The Hall–Kier alpha value is -1.21. The second-order valence-electron chi connectivity index (χ2n) is 1.81. The minimum atomic E-state index is -0.810. The molecule has 0 fully saturated rings. The molecule has 1 rings (SSSR count). The van der Waals surface area contributed by atoms with Gasteiger partial charge in [-0.25, -0.2) is 10.1 Å². The summed E-state index contributed by atoms with van der Waals surface area (Å²) in [6, 6.07) is 0. The molecule has 0 aromatic rings. The Kier molecular flexibility index (Phi) is 5.84. The summed E-state index contributed by atoms with van der Waals surface area (Å²) in [4.78, 5) is 12.9. The molecule has 0 aromatic carbocycles. The van der Waals surface area contributed by atoms with E-state index in [1.807, 2.05) is 6.08 Å². The quantitative estimate of drug-likeness (QED) is 0.356. The van der Waals surface area contributed by atoms with Gasteiger partial charge in [0.05, 0.1) is 0 Å². The molecule has 0 aromatic heterocycles. The number of allylic oxidation sites excluding steroid dienone is 3. The summed E-state index contributed by atoms with van der Waals surface area (Å²) >= 11 is 0. The molecule has 0 saturated carbocycles. The van der Waals surface area contributed by atoms with Crippen LogP contribution in [0.2, 0.25) is 0 Å². The second-order valence-corrected chi connectivity index (χ2v) is 1.81. The van der Waals surface area contributed by atoms with Gasteiger partial charge < -0.3 is 5.11 Å². The highest BCUT2D eigenvalue weighted by Crippen LogP contribution is 2.08. The zero-order valence-corrected chi connectivity index (χ0v) is 6.10. The Bertz CT molecular complexity index is 196. The number of aliphatic carboxylic acids is 1. The molecular formula is C6H9NO5. The molecule has 6 nitrogen and oxygen atoms in total. The summed E-state index contributed by atoms with van der Waals surface area (Å²) < 4.78 is 0. The first-order valence-electron chi connectivity index (χ1n) is 3.01. The van der Waals surface area contributed by atoms with Crippen molar-refractivity contribution in [2.45, 2.75) is 6.42 Å². The third kappa shape index (κ3) is 4.58. The Morgan fingerprint density at radius 2 is 2.25 bits per heavy atom. The predicted octanol–water partition coefficient (Wildman–Crippen LogP) is 0.327. The summed E-state index contributed by atoms with van der Waals surface area (Å²) in [5.41, 5.74) is 1.46. The fourth-order valence-corrected chi connectivity index (χ4v) is 0.606. The molecule has 0 atom stereocenters. The zero-order chi connectivity index (χ0) is 9.40. The summed E-state index contributed by atoms with van der Waals surface area (Å²) in [7, 11) is 0. The third-order valence-electron chi connectivity index (χ3n) is 1.09. The van der Waals surface area contributed by atoms with Crippen LogP contribution in [0.15, 0.2) is 23.8 Å². The third-order valence-corrected chi connectivity index (χ3v) is 1.09. The van der Waals surface area contributed by atoms with Crippen LogP contribution in [0, 0.1) is 0 Å². The van der Waals surface area contributed by atoms with Gasteiger partial charge in [0.2, 0.25) is 0 Å². The van der Waals surface area contributed by atoms with Gasteiger partial charge in [-0.3, -0.25) is 5.21 Å². The minimum absolute atomic E-state index is 0.477. The molecule has 0 aliphatic heterocycles. The molecular weight excluding hydrogens is 166 g/mol. The van der Waals surface area contributed by atoms with Crippen LogP contribution in [-0.4, -0.2) is 21.5 Å². The van der Waals surface area contributed by atoms with Crippen LogP contribution in [0.5, 0.6) is 0 Å². The molecule has 0 spiro atoms. The van der Waals surface area contributed by atoms with E-state index in [1.54, 1.807) is 12.2 Å². The van der Waals surface area contributed by atoms with Crippen molar-refractivity contribution in [3.63, 3.8) is 0 Å². The molecule has 0 radical (unpaired) electrons. The standard InChI is InChI=1S/C6H6O2.H3NO3/c7-6(8)5-3-1-2-4-5;2-1-4-3/h1-3H,4H2,(H,7,8);1-3H. The first-order valence-corrected chi connectivity index (χ1v) is 3.01. The average molecular weight is 175 g/mol. The van der Waals surface area contributed by atoms with E-state index in [1.165, 1.54) is 0 Å².